The Bertz CT molecular complexity index is 729. The van der Waals surface area contributed by atoms with Crippen LogP contribution in [0.15, 0.2) is 41.0 Å². The third kappa shape index (κ3) is 2.51. The minimum absolute atomic E-state index is 0.0137. The largest absolute Gasteiger partial charge is 0.466 e. The molecule has 1 atom stereocenters. The van der Waals surface area contributed by atoms with Gasteiger partial charge in [0.15, 0.2) is 0 Å². The molecule has 22 heavy (non-hydrogen) atoms. The molecule has 1 heterocycles. The van der Waals surface area contributed by atoms with Gasteiger partial charge in [0.1, 0.15) is 23.2 Å². The fourth-order valence-electron chi connectivity index (χ4n) is 2.33. The van der Waals surface area contributed by atoms with Gasteiger partial charge in [-0.3, -0.25) is 0 Å². The molecule has 1 aliphatic heterocycles. The highest BCUT2D eigenvalue weighted by Crippen LogP contribution is 2.42. The zero-order chi connectivity index (χ0) is 16.4. The van der Waals surface area contributed by atoms with Crippen LogP contribution in [0.3, 0.4) is 0 Å². The molecule has 0 aromatic heterocycles. The van der Waals surface area contributed by atoms with E-state index in [1.165, 1.54) is 32.2 Å². The molecule has 0 saturated heterocycles. The van der Waals surface area contributed by atoms with E-state index >= 15 is 0 Å². The van der Waals surface area contributed by atoms with E-state index in [0.29, 0.717) is 0 Å². The first-order valence-corrected chi connectivity index (χ1v) is 6.60. The third-order valence-corrected chi connectivity index (χ3v) is 3.63. The molecule has 114 valence electrons. The fraction of sp³-hybridized carbons (Fsp3) is 0.200. The summed E-state index contributed by atoms with van der Waals surface area (Å²) in [5.41, 5.74) is 5.56. The van der Waals surface area contributed by atoms with Crippen LogP contribution in [-0.2, 0) is 14.3 Å². The molecule has 0 amide bonds. The molecule has 0 fully saturated rings. The Morgan fingerprint density at radius 2 is 2.23 bits per heavy atom. The van der Waals surface area contributed by atoms with Crippen LogP contribution in [0.4, 0.5) is 4.39 Å². The molecule has 0 radical (unpaired) electrons. The number of benzene rings is 1. The fourth-order valence-corrected chi connectivity index (χ4v) is 2.60. The summed E-state index contributed by atoms with van der Waals surface area (Å²) in [5, 5.41) is 9.40. The first kappa shape index (κ1) is 15.9. The van der Waals surface area contributed by atoms with Gasteiger partial charge < -0.3 is 15.2 Å². The van der Waals surface area contributed by atoms with Gasteiger partial charge in [-0.1, -0.05) is 17.7 Å². The van der Waals surface area contributed by atoms with Crippen molar-refractivity contribution in [2.75, 3.05) is 7.11 Å². The number of carbonyl (C=O) groups is 1. The van der Waals surface area contributed by atoms with Gasteiger partial charge in [-0.05, 0) is 19.1 Å². The van der Waals surface area contributed by atoms with E-state index in [4.69, 9.17) is 26.8 Å². The van der Waals surface area contributed by atoms with Gasteiger partial charge in [-0.25, -0.2) is 9.18 Å². The predicted molar refractivity (Wildman–Crippen MR) is 76.8 cm³/mol. The van der Waals surface area contributed by atoms with Gasteiger partial charge in [-0.15, -0.1) is 0 Å². The molecule has 0 saturated carbocycles. The van der Waals surface area contributed by atoms with Crippen molar-refractivity contribution in [3.05, 3.63) is 57.4 Å². The standard InChI is InChI=1S/C15H12ClFN2O3/c1-7-11(15(20)21-2)12(8(6-18)14(19)22-7)13-9(16)4-3-5-10(13)17/h3-5,12H,19H2,1-2H3. The number of nitrogens with zero attached hydrogens (tertiary/aromatic N) is 1. The quantitative estimate of drug-likeness (QED) is 0.846. The Kier molecular flexibility index (Phi) is 4.38. The van der Waals surface area contributed by atoms with E-state index in [9.17, 15) is 14.4 Å². The maximum atomic E-state index is 14.3. The zero-order valence-electron chi connectivity index (χ0n) is 11.8. The highest BCUT2D eigenvalue weighted by molar-refractivity contribution is 6.31. The lowest BCUT2D eigenvalue weighted by Gasteiger charge is -2.27. The van der Waals surface area contributed by atoms with Gasteiger partial charge >= 0.3 is 5.97 Å². The molecule has 1 aromatic carbocycles. The van der Waals surface area contributed by atoms with Crippen LogP contribution in [-0.4, -0.2) is 13.1 Å². The van der Waals surface area contributed by atoms with Crippen molar-refractivity contribution < 1.29 is 18.7 Å². The van der Waals surface area contributed by atoms with Crippen molar-refractivity contribution in [1.82, 2.24) is 0 Å². The number of hydrogen-bond donors (Lipinski definition) is 1. The summed E-state index contributed by atoms with van der Waals surface area (Å²) in [4.78, 5) is 12.1. The normalized spacial score (nSPS) is 17.9. The average molecular weight is 323 g/mol. The SMILES string of the molecule is COC(=O)C1=C(C)OC(N)=C(C#N)C1c1c(F)cccc1Cl. The Balaban J connectivity index is 2.77. The summed E-state index contributed by atoms with van der Waals surface area (Å²) in [7, 11) is 1.18. The number of nitrogens with two attached hydrogens (primary N) is 1. The lowest BCUT2D eigenvalue weighted by Crippen LogP contribution is -2.25. The van der Waals surface area contributed by atoms with Gasteiger partial charge in [0.2, 0.25) is 5.88 Å². The average Bonchev–Trinajstić information content (AvgIpc) is 2.46. The molecule has 2 N–H and O–H groups in total. The van der Waals surface area contributed by atoms with Crippen molar-refractivity contribution in [2.45, 2.75) is 12.8 Å². The highest BCUT2D eigenvalue weighted by atomic mass is 35.5. The number of esters is 1. The van der Waals surface area contributed by atoms with Crippen LogP contribution in [0.1, 0.15) is 18.4 Å². The Morgan fingerprint density at radius 3 is 2.77 bits per heavy atom. The van der Waals surface area contributed by atoms with Crippen LogP contribution in [0.5, 0.6) is 0 Å². The number of carbonyl (C=O) groups excluding carboxylic acids is 1. The molecular formula is C15H12ClFN2O3. The number of methoxy groups -OCH3 is 1. The molecule has 0 aliphatic carbocycles. The Labute approximate surface area is 131 Å². The van der Waals surface area contributed by atoms with Crippen LogP contribution in [0.2, 0.25) is 5.02 Å². The van der Waals surface area contributed by atoms with E-state index in [1.54, 1.807) is 0 Å². The maximum absolute atomic E-state index is 14.3. The number of hydrogen-bond acceptors (Lipinski definition) is 5. The topological polar surface area (TPSA) is 85.3 Å². The minimum atomic E-state index is -1.08. The van der Waals surface area contributed by atoms with Gasteiger partial charge in [-0.2, -0.15) is 5.26 Å². The van der Waals surface area contributed by atoms with Crippen LogP contribution in [0.25, 0.3) is 0 Å². The number of halogens is 2. The summed E-state index contributed by atoms with van der Waals surface area (Å²) in [6, 6.07) is 5.92. The first-order chi connectivity index (χ1) is 10.4. The van der Waals surface area contributed by atoms with Gasteiger partial charge in [0.05, 0.1) is 18.6 Å². The van der Waals surface area contributed by atoms with Crippen LogP contribution >= 0.6 is 11.6 Å². The first-order valence-electron chi connectivity index (χ1n) is 6.23. The van der Waals surface area contributed by atoms with E-state index < -0.39 is 17.7 Å². The second-order valence-corrected chi connectivity index (χ2v) is 4.93. The van der Waals surface area contributed by atoms with Crippen molar-refractivity contribution in [3.8, 4) is 6.07 Å². The molecule has 1 unspecified atom stereocenters. The Morgan fingerprint density at radius 1 is 1.55 bits per heavy atom. The highest BCUT2D eigenvalue weighted by Gasteiger charge is 2.38. The molecule has 1 aliphatic rings. The van der Waals surface area contributed by atoms with Gasteiger partial charge in [0, 0.05) is 10.6 Å². The van der Waals surface area contributed by atoms with Crippen molar-refractivity contribution in [2.24, 2.45) is 5.73 Å². The number of rotatable bonds is 2. The summed E-state index contributed by atoms with van der Waals surface area (Å²) < 4.78 is 24.2. The molecule has 2 rings (SSSR count). The van der Waals surface area contributed by atoms with E-state index in [0.717, 1.165) is 0 Å². The smallest absolute Gasteiger partial charge is 0.338 e. The lowest BCUT2D eigenvalue weighted by atomic mass is 9.83. The molecular weight excluding hydrogens is 311 g/mol. The van der Waals surface area contributed by atoms with Crippen molar-refractivity contribution in [3.63, 3.8) is 0 Å². The monoisotopic (exact) mass is 322 g/mol. The van der Waals surface area contributed by atoms with Crippen molar-refractivity contribution >= 4 is 17.6 Å². The minimum Gasteiger partial charge on any atom is -0.466 e. The third-order valence-electron chi connectivity index (χ3n) is 3.30. The van der Waals surface area contributed by atoms with E-state index in [-0.39, 0.29) is 33.4 Å². The van der Waals surface area contributed by atoms with E-state index in [2.05, 4.69) is 0 Å². The van der Waals surface area contributed by atoms with E-state index in [1.807, 2.05) is 6.07 Å². The van der Waals surface area contributed by atoms with Crippen LogP contribution < -0.4 is 5.73 Å². The second-order valence-electron chi connectivity index (χ2n) is 4.52. The summed E-state index contributed by atoms with van der Waals surface area (Å²) in [6.45, 7) is 1.48. The molecule has 0 bridgehead atoms. The lowest BCUT2D eigenvalue weighted by molar-refractivity contribution is -0.136. The Hall–Kier alpha value is -2.52. The summed E-state index contributed by atoms with van der Waals surface area (Å²) in [5.74, 6) is -2.55. The predicted octanol–water partition coefficient (Wildman–Crippen LogP) is 2.73. The molecule has 5 nitrogen and oxygen atoms in total. The number of allylic oxidation sites excluding steroid dienone is 2. The zero-order valence-corrected chi connectivity index (χ0v) is 12.6. The molecule has 0 spiro atoms. The van der Waals surface area contributed by atoms with Crippen LogP contribution in [0, 0.1) is 17.1 Å². The maximum Gasteiger partial charge on any atom is 0.338 e. The van der Waals surface area contributed by atoms with Gasteiger partial charge in [0.25, 0.3) is 0 Å². The number of nitriles is 1. The summed E-state index contributed by atoms with van der Waals surface area (Å²) >= 11 is 6.07. The second kappa shape index (κ2) is 6.08. The molecule has 7 heteroatoms. The molecule has 1 aromatic rings. The number of ether oxygens (including phenoxy) is 2. The van der Waals surface area contributed by atoms with Crippen molar-refractivity contribution in [1.29, 1.82) is 5.26 Å². The summed E-state index contributed by atoms with van der Waals surface area (Å²) in [6.07, 6.45) is 0.